The summed E-state index contributed by atoms with van der Waals surface area (Å²) in [6.45, 7) is 0. The fraction of sp³-hybridized carbons (Fsp3) is 0. The van der Waals surface area contributed by atoms with Gasteiger partial charge in [-0.2, -0.15) is 0 Å². The molecule has 0 spiro atoms. The molecule has 1 aliphatic rings. The van der Waals surface area contributed by atoms with E-state index in [1.54, 1.807) is 6.08 Å². The minimum absolute atomic E-state index is 0.0545. The van der Waals surface area contributed by atoms with Crippen LogP contribution in [0.5, 0.6) is 0 Å². The predicted octanol–water partition coefficient (Wildman–Crippen LogP) is 6.16. The molecule has 0 N–H and O–H groups in total. The van der Waals surface area contributed by atoms with Crippen LogP contribution in [0.25, 0.3) is 11.1 Å². The zero-order valence-corrected chi connectivity index (χ0v) is 15.0. The SMILES string of the molecule is O=C1C=C/C(=C(\c2ccccc2)c2ccccc2Br)c2ccccc21. The van der Waals surface area contributed by atoms with E-state index in [0.717, 1.165) is 37.9 Å². The van der Waals surface area contributed by atoms with Gasteiger partial charge in [0.2, 0.25) is 0 Å². The van der Waals surface area contributed by atoms with Gasteiger partial charge in [-0.3, -0.25) is 4.79 Å². The van der Waals surface area contributed by atoms with Crippen LogP contribution in [0.15, 0.2) is 95.5 Å². The van der Waals surface area contributed by atoms with Gasteiger partial charge in [-0.05, 0) is 46.1 Å². The van der Waals surface area contributed by atoms with Crippen molar-refractivity contribution in [1.82, 2.24) is 0 Å². The number of carbonyl (C=O) groups is 1. The molecule has 120 valence electrons. The third-order valence-electron chi connectivity index (χ3n) is 4.36. The van der Waals surface area contributed by atoms with Crippen LogP contribution in [0.2, 0.25) is 0 Å². The summed E-state index contributed by atoms with van der Waals surface area (Å²) in [5.74, 6) is 0.0545. The topological polar surface area (TPSA) is 17.1 Å². The average molecular weight is 387 g/mol. The lowest BCUT2D eigenvalue weighted by molar-refractivity contribution is 0.104. The van der Waals surface area contributed by atoms with E-state index >= 15 is 0 Å². The third kappa shape index (κ3) is 2.90. The number of hydrogen-bond acceptors (Lipinski definition) is 1. The van der Waals surface area contributed by atoms with Crippen molar-refractivity contribution in [3.63, 3.8) is 0 Å². The van der Waals surface area contributed by atoms with Gasteiger partial charge in [0.25, 0.3) is 0 Å². The van der Waals surface area contributed by atoms with Crippen LogP contribution < -0.4 is 0 Å². The Hall–Kier alpha value is -2.71. The summed E-state index contributed by atoms with van der Waals surface area (Å²) in [6, 6.07) is 26.3. The first kappa shape index (κ1) is 15.8. The maximum absolute atomic E-state index is 12.3. The van der Waals surface area contributed by atoms with Gasteiger partial charge in [-0.1, -0.05) is 88.7 Å². The number of rotatable bonds is 2. The molecule has 25 heavy (non-hydrogen) atoms. The van der Waals surface area contributed by atoms with Gasteiger partial charge in [-0.25, -0.2) is 0 Å². The first-order valence-corrected chi connectivity index (χ1v) is 8.91. The van der Waals surface area contributed by atoms with Crippen LogP contribution in [0.4, 0.5) is 0 Å². The molecule has 3 aromatic rings. The highest BCUT2D eigenvalue weighted by atomic mass is 79.9. The lowest BCUT2D eigenvalue weighted by Crippen LogP contribution is -2.06. The Balaban J connectivity index is 2.08. The predicted molar refractivity (Wildman–Crippen MR) is 106 cm³/mol. The number of halogens is 1. The maximum Gasteiger partial charge on any atom is 0.186 e. The zero-order valence-electron chi connectivity index (χ0n) is 13.4. The molecular formula is C23H15BrO. The van der Waals surface area contributed by atoms with Gasteiger partial charge in [0.05, 0.1) is 0 Å². The summed E-state index contributed by atoms with van der Waals surface area (Å²) >= 11 is 3.69. The number of fused-ring (bicyclic) bond motifs is 1. The Kier molecular flexibility index (Phi) is 4.21. The normalized spacial score (nSPS) is 15.0. The molecule has 2 heteroatoms. The van der Waals surface area contributed by atoms with E-state index in [1.165, 1.54) is 0 Å². The smallest absolute Gasteiger partial charge is 0.186 e. The molecule has 4 rings (SSSR count). The van der Waals surface area contributed by atoms with Crippen molar-refractivity contribution in [3.8, 4) is 0 Å². The van der Waals surface area contributed by atoms with E-state index in [9.17, 15) is 4.79 Å². The Bertz CT molecular complexity index is 1010. The second kappa shape index (κ2) is 6.66. The van der Waals surface area contributed by atoms with E-state index in [1.807, 2.05) is 66.7 Å². The van der Waals surface area contributed by atoms with Crippen molar-refractivity contribution in [2.75, 3.05) is 0 Å². The molecule has 0 fully saturated rings. The Morgan fingerprint density at radius 3 is 2.08 bits per heavy atom. The summed E-state index contributed by atoms with van der Waals surface area (Å²) in [5.41, 5.74) is 6.14. The maximum atomic E-state index is 12.3. The fourth-order valence-electron chi connectivity index (χ4n) is 3.21. The van der Waals surface area contributed by atoms with Crippen LogP contribution in [0.1, 0.15) is 27.0 Å². The minimum Gasteiger partial charge on any atom is -0.289 e. The van der Waals surface area contributed by atoms with E-state index in [-0.39, 0.29) is 5.78 Å². The van der Waals surface area contributed by atoms with Crippen molar-refractivity contribution >= 4 is 32.9 Å². The number of carbonyl (C=O) groups excluding carboxylic acids is 1. The Labute approximate surface area is 155 Å². The second-order valence-electron chi connectivity index (χ2n) is 5.88. The monoisotopic (exact) mass is 386 g/mol. The molecule has 1 aliphatic carbocycles. The fourth-order valence-corrected chi connectivity index (χ4v) is 3.70. The lowest BCUT2D eigenvalue weighted by Gasteiger charge is -2.20. The molecule has 0 aromatic heterocycles. The summed E-state index contributed by atoms with van der Waals surface area (Å²) in [5, 5.41) is 0. The molecular weight excluding hydrogens is 372 g/mol. The highest BCUT2D eigenvalue weighted by Crippen LogP contribution is 2.39. The van der Waals surface area contributed by atoms with Crippen molar-refractivity contribution in [2.45, 2.75) is 0 Å². The molecule has 0 radical (unpaired) electrons. The molecule has 0 amide bonds. The molecule has 0 saturated heterocycles. The molecule has 0 saturated carbocycles. The van der Waals surface area contributed by atoms with Crippen molar-refractivity contribution in [3.05, 3.63) is 118 Å². The molecule has 0 atom stereocenters. The van der Waals surface area contributed by atoms with E-state index in [4.69, 9.17) is 0 Å². The molecule has 0 heterocycles. The van der Waals surface area contributed by atoms with Crippen LogP contribution in [0, 0.1) is 0 Å². The highest BCUT2D eigenvalue weighted by molar-refractivity contribution is 9.10. The van der Waals surface area contributed by atoms with Gasteiger partial charge >= 0.3 is 0 Å². The number of ketones is 1. The van der Waals surface area contributed by atoms with Gasteiger partial charge in [-0.15, -0.1) is 0 Å². The van der Waals surface area contributed by atoms with Gasteiger partial charge < -0.3 is 0 Å². The zero-order chi connectivity index (χ0) is 17.2. The van der Waals surface area contributed by atoms with Crippen LogP contribution in [-0.2, 0) is 0 Å². The van der Waals surface area contributed by atoms with Gasteiger partial charge in [0.15, 0.2) is 5.78 Å². The van der Waals surface area contributed by atoms with Crippen LogP contribution in [0.3, 0.4) is 0 Å². The highest BCUT2D eigenvalue weighted by Gasteiger charge is 2.21. The van der Waals surface area contributed by atoms with Crippen molar-refractivity contribution < 1.29 is 4.79 Å². The van der Waals surface area contributed by atoms with E-state index in [0.29, 0.717) is 0 Å². The number of hydrogen-bond donors (Lipinski definition) is 0. The minimum atomic E-state index is 0.0545. The third-order valence-corrected chi connectivity index (χ3v) is 5.05. The molecule has 0 bridgehead atoms. The Morgan fingerprint density at radius 2 is 1.32 bits per heavy atom. The van der Waals surface area contributed by atoms with Crippen molar-refractivity contribution in [2.24, 2.45) is 0 Å². The first-order valence-electron chi connectivity index (χ1n) is 8.12. The lowest BCUT2D eigenvalue weighted by atomic mass is 9.84. The summed E-state index contributed by atoms with van der Waals surface area (Å²) in [4.78, 5) is 12.3. The van der Waals surface area contributed by atoms with Crippen molar-refractivity contribution in [1.29, 1.82) is 0 Å². The first-order chi connectivity index (χ1) is 12.3. The Morgan fingerprint density at radius 1 is 0.680 bits per heavy atom. The average Bonchev–Trinajstić information content (AvgIpc) is 2.66. The number of benzene rings is 3. The molecule has 0 aliphatic heterocycles. The van der Waals surface area contributed by atoms with E-state index < -0.39 is 0 Å². The quantitative estimate of drug-likeness (QED) is 0.515. The van der Waals surface area contributed by atoms with E-state index in [2.05, 4.69) is 34.1 Å². The van der Waals surface area contributed by atoms with Crippen LogP contribution in [-0.4, -0.2) is 5.78 Å². The second-order valence-corrected chi connectivity index (χ2v) is 6.73. The molecule has 1 nitrogen and oxygen atoms in total. The molecule has 0 unspecified atom stereocenters. The number of allylic oxidation sites excluding steroid dienone is 3. The standard InChI is InChI=1S/C23H15BrO/c24-21-13-7-6-12-20(21)23(16-8-2-1-3-9-16)19-14-15-22(25)18-11-5-4-10-17(18)19/h1-15H/b23-19-. The summed E-state index contributed by atoms with van der Waals surface area (Å²) in [6.07, 6.45) is 3.60. The van der Waals surface area contributed by atoms with Gasteiger partial charge in [0, 0.05) is 10.0 Å². The largest absolute Gasteiger partial charge is 0.289 e. The summed E-state index contributed by atoms with van der Waals surface area (Å²) in [7, 11) is 0. The van der Waals surface area contributed by atoms with Crippen LogP contribution >= 0.6 is 15.9 Å². The van der Waals surface area contributed by atoms with Gasteiger partial charge in [0.1, 0.15) is 0 Å². The summed E-state index contributed by atoms with van der Waals surface area (Å²) < 4.78 is 1.03. The molecule has 3 aromatic carbocycles.